The Morgan fingerprint density at radius 3 is 2.92 bits per heavy atom. The minimum atomic E-state index is -0.0816. The Balaban J connectivity index is 3.07. The average molecular weight is 163 g/mol. The summed E-state index contributed by atoms with van der Waals surface area (Å²) in [5, 5.41) is 17.9. The van der Waals surface area contributed by atoms with Gasteiger partial charge in [-0.1, -0.05) is 6.07 Å². The third kappa shape index (κ3) is 1.48. The van der Waals surface area contributed by atoms with E-state index in [1.807, 2.05) is 13.0 Å². The quantitative estimate of drug-likeness (QED) is 0.721. The van der Waals surface area contributed by atoms with Crippen LogP contribution in [0.2, 0.25) is 0 Å². The fraction of sp³-hybridized carbons (Fsp3) is 0.222. The largest absolute Gasteiger partial charge is 0.503 e. The van der Waals surface area contributed by atoms with Crippen molar-refractivity contribution in [2.24, 2.45) is 0 Å². The van der Waals surface area contributed by atoms with Crippen molar-refractivity contribution in [3.05, 3.63) is 23.8 Å². The minimum absolute atomic E-state index is 0.0816. The first-order valence-corrected chi connectivity index (χ1v) is 3.64. The molecular formula is C9H9NO2. The summed E-state index contributed by atoms with van der Waals surface area (Å²) in [6, 6.07) is 6.70. The lowest BCUT2D eigenvalue weighted by atomic mass is 10.2. The first-order chi connectivity index (χ1) is 5.79. The van der Waals surface area contributed by atoms with Gasteiger partial charge in [0.15, 0.2) is 11.5 Å². The molecule has 0 unspecified atom stereocenters. The number of ether oxygens (including phenoxy) is 1. The number of hydrogen-bond donors (Lipinski definition) is 1. The Labute approximate surface area is 70.8 Å². The summed E-state index contributed by atoms with van der Waals surface area (Å²) in [4.78, 5) is 0. The van der Waals surface area contributed by atoms with Crippen LogP contribution in [0.25, 0.3) is 0 Å². The van der Waals surface area contributed by atoms with Gasteiger partial charge in [-0.2, -0.15) is 5.26 Å². The van der Waals surface area contributed by atoms with Gasteiger partial charge in [0.1, 0.15) is 6.07 Å². The van der Waals surface area contributed by atoms with Crippen LogP contribution < -0.4 is 4.74 Å². The number of rotatable bonds is 2. The first kappa shape index (κ1) is 8.41. The maximum atomic E-state index is 9.37. The van der Waals surface area contributed by atoms with Gasteiger partial charge < -0.3 is 9.84 Å². The molecule has 0 radical (unpaired) electrons. The molecule has 0 heterocycles. The Hall–Kier alpha value is -1.69. The van der Waals surface area contributed by atoms with Crippen LogP contribution in [0.1, 0.15) is 12.5 Å². The summed E-state index contributed by atoms with van der Waals surface area (Å²) < 4.78 is 5.08. The van der Waals surface area contributed by atoms with Crippen LogP contribution in [0, 0.1) is 11.3 Å². The number of phenolic OH excluding ortho intramolecular Hbond substituents is 1. The summed E-state index contributed by atoms with van der Waals surface area (Å²) >= 11 is 0. The van der Waals surface area contributed by atoms with Gasteiger partial charge in [-0.3, -0.25) is 0 Å². The van der Waals surface area contributed by atoms with E-state index in [1.165, 1.54) is 6.07 Å². The summed E-state index contributed by atoms with van der Waals surface area (Å²) in [5.74, 6) is 0.276. The zero-order chi connectivity index (χ0) is 8.97. The predicted octanol–water partition coefficient (Wildman–Crippen LogP) is 1.66. The molecule has 0 aromatic heterocycles. The van der Waals surface area contributed by atoms with Crippen LogP contribution in [0.15, 0.2) is 18.2 Å². The van der Waals surface area contributed by atoms with Crippen molar-refractivity contribution in [1.29, 1.82) is 5.26 Å². The van der Waals surface area contributed by atoms with Gasteiger partial charge in [-0.15, -0.1) is 0 Å². The molecule has 0 spiro atoms. The molecule has 0 fully saturated rings. The molecule has 0 saturated carbocycles. The van der Waals surface area contributed by atoms with Crippen LogP contribution in [-0.2, 0) is 0 Å². The van der Waals surface area contributed by atoms with Gasteiger partial charge in [0.2, 0.25) is 0 Å². The van der Waals surface area contributed by atoms with E-state index < -0.39 is 0 Å². The number of para-hydroxylation sites is 1. The van der Waals surface area contributed by atoms with E-state index in [9.17, 15) is 5.11 Å². The summed E-state index contributed by atoms with van der Waals surface area (Å²) in [7, 11) is 0. The third-order valence-electron chi connectivity index (χ3n) is 1.42. The van der Waals surface area contributed by atoms with Gasteiger partial charge in [0.05, 0.1) is 12.2 Å². The predicted molar refractivity (Wildman–Crippen MR) is 44.0 cm³/mol. The maximum absolute atomic E-state index is 9.37. The maximum Gasteiger partial charge on any atom is 0.175 e. The number of nitrogens with zero attached hydrogens (tertiary/aromatic N) is 1. The Bertz CT molecular complexity index is 315. The van der Waals surface area contributed by atoms with Crippen molar-refractivity contribution in [2.45, 2.75) is 6.92 Å². The van der Waals surface area contributed by atoms with E-state index in [0.717, 1.165) is 0 Å². The zero-order valence-corrected chi connectivity index (χ0v) is 6.74. The van der Waals surface area contributed by atoms with Gasteiger partial charge in [0, 0.05) is 0 Å². The third-order valence-corrected chi connectivity index (χ3v) is 1.42. The number of aromatic hydroxyl groups is 1. The zero-order valence-electron chi connectivity index (χ0n) is 6.74. The second-order valence-electron chi connectivity index (χ2n) is 2.20. The second-order valence-corrected chi connectivity index (χ2v) is 2.20. The van der Waals surface area contributed by atoms with Gasteiger partial charge in [0.25, 0.3) is 0 Å². The molecule has 0 aliphatic heterocycles. The molecule has 0 aliphatic carbocycles. The Morgan fingerprint density at radius 2 is 2.33 bits per heavy atom. The second kappa shape index (κ2) is 3.63. The van der Waals surface area contributed by atoms with E-state index in [4.69, 9.17) is 10.00 Å². The average Bonchev–Trinajstić information content (AvgIpc) is 2.09. The molecule has 0 bridgehead atoms. The Morgan fingerprint density at radius 1 is 1.58 bits per heavy atom. The Kier molecular flexibility index (Phi) is 2.54. The van der Waals surface area contributed by atoms with Crippen LogP contribution >= 0.6 is 0 Å². The van der Waals surface area contributed by atoms with Crippen molar-refractivity contribution in [3.8, 4) is 17.6 Å². The van der Waals surface area contributed by atoms with Crippen molar-refractivity contribution < 1.29 is 9.84 Å². The molecule has 1 rings (SSSR count). The molecule has 1 aromatic rings. The lowest BCUT2D eigenvalue weighted by Gasteiger charge is -2.05. The van der Waals surface area contributed by atoms with Crippen LogP contribution in [0.5, 0.6) is 11.5 Å². The minimum Gasteiger partial charge on any atom is -0.503 e. The van der Waals surface area contributed by atoms with Crippen molar-refractivity contribution in [2.75, 3.05) is 6.61 Å². The van der Waals surface area contributed by atoms with Crippen molar-refractivity contribution in [3.63, 3.8) is 0 Å². The van der Waals surface area contributed by atoms with Crippen LogP contribution in [0.3, 0.4) is 0 Å². The molecule has 12 heavy (non-hydrogen) atoms. The van der Waals surface area contributed by atoms with E-state index in [1.54, 1.807) is 12.1 Å². The molecule has 3 heteroatoms. The SMILES string of the molecule is CCOc1cccc(C#N)c1O. The summed E-state index contributed by atoms with van der Waals surface area (Å²) in [6.45, 7) is 2.29. The monoisotopic (exact) mass is 163 g/mol. The standard InChI is InChI=1S/C9H9NO2/c1-2-12-8-5-3-4-7(6-10)9(8)11/h3-5,11H,2H2,1H3. The van der Waals surface area contributed by atoms with Crippen molar-refractivity contribution in [1.82, 2.24) is 0 Å². The summed E-state index contributed by atoms with van der Waals surface area (Å²) in [5.41, 5.74) is 0.237. The fourth-order valence-corrected chi connectivity index (χ4v) is 0.885. The lowest BCUT2D eigenvalue weighted by Crippen LogP contribution is -1.92. The van der Waals surface area contributed by atoms with E-state index in [0.29, 0.717) is 12.4 Å². The number of phenols is 1. The molecule has 0 atom stereocenters. The van der Waals surface area contributed by atoms with E-state index >= 15 is 0 Å². The van der Waals surface area contributed by atoms with E-state index in [2.05, 4.69) is 0 Å². The highest BCUT2D eigenvalue weighted by Crippen LogP contribution is 2.28. The van der Waals surface area contributed by atoms with Crippen LogP contribution in [-0.4, -0.2) is 11.7 Å². The highest BCUT2D eigenvalue weighted by Gasteiger charge is 2.05. The number of nitriles is 1. The summed E-state index contributed by atoms with van der Waals surface area (Å²) in [6.07, 6.45) is 0. The molecular weight excluding hydrogens is 154 g/mol. The smallest absolute Gasteiger partial charge is 0.175 e. The molecule has 62 valence electrons. The normalized spacial score (nSPS) is 9.00. The first-order valence-electron chi connectivity index (χ1n) is 3.64. The van der Waals surface area contributed by atoms with E-state index in [-0.39, 0.29) is 11.3 Å². The molecule has 1 aromatic carbocycles. The lowest BCUT2D eigenvalue weighted by molar-refractivity contribution is 0.318. The fourth-order valence-electron chi connectivity index (χ4n) is 0.885. The van der Waals surface area contributed by atoms with Crippen molar-refractivity contribution >= 4 is 0 Å². The molecule has 3 nitrogen and oxygen atoms in total. The number of benzene rings is 1. The molecule has 0 aliphatic rings. The van der Waals surface area contributed by atoms with Gasteiger partial charge >= 0.3 is 0 Å². The number of hydrogen-bond acceptors (Lipinski definition) is 3. The molecule has 0 saturated heterocycles. The molecule has 0 amide bonds. The van der Waals surface area contributed by atoms with Gasteiger partial charge in [-0.25, -0.2) is 0 Å². The van der Waals surface area contributed by atoms with Crippen LogP contribution in [0.4, 0.5) is 0 Å². The topological polar surface area (TPSA) is 53.2 Å². The van der Waals surface area contributed by atoms with Gasteiger partial charge in [-0.05, 0) is 19.1 Å². The molecule has 1 N–H and O–H groups in total. The highest BCUT2D eigenvalue weighted by molar-refractivity contribution is 5.51. The highest BCUT2D eigenvalue weighted by atomic mass is 16.5.